The molecular weight excluding hydrogens is 388 g/mol. The first-order chi connectivity index (χ1) is 15.1. The molecule has 0 saturated carbocycles. The highest BCUT2D eigenvalue weighted by molar-refractivity contribution is 6.33. The largest absolute Gasteiger partial charge is 0.391 e. The normalized spacial score (nSPS) is 16.8. The first-order valence-electron chi connectivity index (χ1n) is 10.1. The number of amides is 1. The molecule has 1 amide bonds. The van der Waals surface area contributed by atoms with Crippen LogP contribution in [0.4, 0.5) is 5.69 Å². The zero-order chi connectivity index (χ0) is 21.6. The maximum Gasteiger partial charge on any atom is 0.248 e. The van der Waals surface area contributed by atoms with Gasteiger partial charge in [0.25, 0.3) is 0 Å². The second kappa shape index (κ2) is 9.22. The van der Waals surface area contributed by atoms with Gasteiger partial charge >= 0.3 is 0 Å². The number of hydrogen-bond donors (Lipinski definition) is 0. The number of allylic oxidation sites excluding steroid dienone is 1. The van der Waals surface area contributed by atoms with E-state index < -0.39 is 5.92 Å². The van der Waals surface area contributed by atoms with Crippen molar-refractivity contribution in [2.75, 3.05) is 4.90 Å². The Kier molecular flexibility index (Phi) is 6.03. The van der Waals surface area contributed by atoms with Crippen LogP contribution in [-0.4, -0.2) is 17.4 Å². The lowest BCUT2D eigenvalue weighted by Gasteiger charge is -2.32. The van der Waals surface area contributed by atoms with E-state index in [0.29, 0.717) is 17.1 Å². The van der Waals surface area contributed by atoms with Crippen LogP contribution in [-0.2, 0) is 21.0 Å². The van der Waals surface area contributed by atoms with Gasteiger partial charge in [0.2, 0.25) is 5.91 Å². The molecule has 0 aromatic heterocycles. The molecule has 0 aliphatic carbocycles. The van der Waals surface area contributed by atoms with Gasteiger partial charge in [-0.25, -0.2) is 0 Å². The van der Waals surface area contributed by atoms with Gasteiger partial charge in [0, 0.05) is 11.8 Å². The highest BCUT2D eigenvalue weighted by Gasteiger charge is 2.39. The molecule has 1 unspecified atom stereocenters. The van der Waals surface area contributed by atoms with E-state index in [2.05, 4.69) is 5.16 Å². The topological polar surface area (TPSA) is 59.0 Å². The quantitative estimate of drug-likeness (QED) is 0.332. The maximum absolute atomic E-state index is 13.5. The summed E-state index contributed by atoms with van der Waals surface area (Å²) in [5.41, 5.74) is 3.32. The fraction of sp³-hybridized carbons (Fsp3) is 0.115. The Hall–Kier alpha value is -3.99. The summed E-state index contributed by atoms with van der Waals surface area (Å²) in [7, 11) is 0. The molecule has 1 heterocycles. The Morgan fingerprint density at radius 3 is 2.10 bits per heavy atom. The predicted molar refractivity (Wildman–Crippen MR) is 121 cm³/mol. The van der Waals surface area contributed by atoms with Crippen molar-refractivity contribution in [1.29, 1.82) is 0 Å². The fourth-order valence-corrected chi connectivity index (χ4v) is 3.54. The van der Waals surface area contributed by atoms with Crippen LogP contribution in [0.15, 0.2) is 102 Å². The predicted octanol–water partition coefficient (Wildman–Crippen LogP) is 4.85. The average Bonchev–Trinajstić information content (AvgIpc) is 2.80. The summed E-state index contributed by atoms with van der Waals surface area (Å²) < 4.78 is 0. The number of rotatable bonds is 6. The minimum atomic E-state index is -1.02. The summed E-state index contributed by atoms with van der Waals surface area (Å²) in [6.07, 6.45) is 1.52. The lowest BCUT2D eigenvalue weighted by molar-refractivity contribution is -0.127. The summed E-state index contributed by atoms with van der Waals surface area (Å²) in [5, 5.41) is 4.09. The van der Waals surface area contributed by atoms with Gasteiger partial charge in [0.05, 0.1) is 11.4 Å². The van der Waals surface area contributed by atoms with Crippen molar-refractivity contribution in [3.05, 3.63) is 108 Å². The van der Waals surface area contributed by atoms with Crippen LogP contribution >= 0.6 is 0 Å². The van der Waals surface area contributed by atoms with Gasteiger partial charge in [-0.3, -0.25) is 14.5 Å². The lowest BCUT2D eigenvalue weighted by atomic mass is 9.90. The summed E-state index contributed by atoms with van der Waals surface area (Å²) in [4.78, 5) is 33.5. The van der Waals surface area contributed by atoms with E-state index in [9.17, 15) is 9.59 Å². The number of oxime groups is 1. The number of para-hydroxylation sites is 1. The molecule has 5 heteroatoms. The molecule has 3 aromatic carbocycles. The number of ketones is 1. The van der Waals surface area contributed by atoms with Crippen LogP contribution in [0.25, 0.3) is 5.70 Å². The third-order valence-corrected chi connectivity index (χ3v) is 5.06. The first-order valence-corrected chi connectivity index (χ1v) is 10.1. The number of carbonyl (C=O) groups excluding carboxylic acids is 2. The van der Waals surface area contributed by atoms with E-state index in [0.717, 1.165) is 11.1 Å². The van der Waals surface area contributed by atoms with Crippen LogP contribution < -0.4 is 4.90 Å². The number of anilines is 1. The van der Waals surface area contributed by atoms with Gasteiger partial charge in [-0.15, -0.1) is 0 Å². The zero-order valence-electron chi connectivity index (χ0n) is 17.1. The molecular formula is C26H22N2O3. The maximum atomic E-state index is 13.5. The van der Waals surface area contributed by atoms with E-state index in [-0.39, 0.29) is 18.3 Å². The van der Waals surface area contributed by atoms with Crippen molar-refractivity contribution in [1.82, 2.24) is 0 Å². The van der Waals surface area contributed by atoms with Crippen molar-refractivity contribution in [3.8, 4) is 0 Å². The standard InChI is InChI=1S/C26H22N2O3/c1-19(27-31-18-20-11-5-2-6-12-20)25-24(29)17-23(21-13-7-3-8-14-21)28(26(25)30)22-15-9-4-10-16-22/h2-17,25H,18H2,1H3/b27-19+. The van der Waals surface area contributed by atoms with Gasteiger partial charge < -0.3 is 4.84 Å². The lowest BCUT2D eigenvalue weighted by Crippen LogP contribution is -2.45. The van der Waals surface area contributed by atoms with E-state index in [1.807, 2.05) is 91.0 Å². The minimum absolute atomic E-state index is 0.265. The molecule has 1 aliphatic rings. The summed E-state index contributed by atoms with van der Waals surface area (Å²) in [5.74, 6) is -1.67. The molecule has 5 nitrogen and oxygen atoms in total. The van der Waals surface area contributed by atoms with Crippen LogP contribution in [0.1, 0.15) is 18.1 Å². The van der Waals surface area contributed by atoms with Crippen molar-refractivity contribution in [2.45, 2.75) is 13.5 Å². The molecule has 3 aromatic rings. The number of carbonyl (C=O) groups is 2. The van der Waals surface area contributed by atoms with Gasteiger partial charge in [0.1, 0.15) is 12.5 Å². The average molecular weight is 410 g/mol. The monoisotopic (exact) mass is 410 g/mol. The van der Waals surface area contributed by atoms with Gasteiger partial charge in [-0.1, -0.05) is 84.0 Å². The molecule has 1 atom stereocenters. The highest BCUT2D eigenvalue weighted by atomic mass is 16.6. The van der Waals surface area contributed by atoms with E-state index >= 15 is 0 Å². The molecule has 0 bridgehead atoms. The van der Waals surface area contributed by atoms with Crippen molar-refractivity contribution >= 4 is 28.8 Å². The third-order valence-electron chi connectivity index (χ3n) is 5.06. The molecule has 4 rings (SSSR count). The summed E-state index contributed by atoms with van der Waals surface area (Å²) in [6.45, 7) is 1.91. The Balaban J connectivity index is 1.65. The van der Waals surface area contributed by atoms with Gasteiger partial charge in [0.15, 0.2) is 5.78 Å². The smallest absolute Gasteiger partial charge is 0.248 e. The van der Waals surface area contributed by atoms with Crippen LogP contribution in [0.5, 0.6) is 0 Å². The van der Waals surface area contributed by atoms with Gasteiger partial charge in [-0.05, 0) is 30.2 Å². The van der Waals surface area contributed by atoms with Crippen molar-refractivity contribution < 1.29 is 14.4 Å². The Labute approximate surface area is 181 Å². The SMILES string of the molecule is C/C(=N\OCc1ccccc1)C1C(=O)C=C(c2ccccc2)N(c2ccccc2)C1=O. The molecule has 0 fully saturated rings. The fourth-order valence-electron chi connectivity index (χ4n) is 3.54. The Bertz CT molecular complexity index is 1120. The Morgan fingerprint density at radius 1 is 0.871 bits per heavy atom. The molecule has 0 radical (unpaired) electrons. The molecule has 0 spiro atoms. The molecule has 0 N–H and O–H groups in total. The molecule has 31 heavy (non-hydrogen) atoms. The first kappa shape index (κ1) is 20.3. The molecule has 0 saturated heterocycles. The second-order valence-corrected chi connectivity index (χ2v) is 7.23. The summed E-state index contributed by atoms with van der Waals surface area (Å²) in [6, 6.07) is 28.3. The van der Waals surface area contributed by atoms with Crippen molar-refractivity contribution in [3.63, 3.8) is 0 Å². The number of hydrogen-bond acceptors (Lipinski definition) is 4. The van der Waals surface area contributed by atoms with Gasteiger partial charge in [-0.2, -0.15) is 0 Å². The van der Waals surface area contributed by atoms with E-state index in [4.69, 9.17) is 4.84 Å². The van der Waals surface area contributed by atoms with E-state index in [1.54, 1.807) is 11.8 Å². The molecule has 154 valence electrons. The minimum Gasteiger partial charge on any atom is -0.391 e. The summed E-state index contributed by atoms with van der Waals surface area (Å²) >= 11 is 0. The van der Waals surface area contributed by atoms with Crippen LogP contribution in [0, 0.1) is 5.92 Å². The zero-order valence-corrected chi connectivity index (χ0v) is 17.1. The second-order valence-electron chi connectivity index (χ2n) is 7.23. The number of nitrogens with zero attached hydrogens (tertiary/aromatic N) is 2. The van der Waals surface area contributed by atoms with Crippen molar-refractivity contribution in [2.24, 2.45) is 11.1 Å². The third kappa shape index (κ3) is 4.46. The van der Waals surface area contributed by atoms with E-state index in [1.165, 1.54) is 6.08 Å². The Morgan fingerprint density at radius 2 is 1.45 bits per heavy atom. The molecule has 1 aliphatic heterocycles. The van der Waals surface area contributed by atoms with Crippen LogP contribution in [0.2, 0.25) is 0 Å². The highest BCUT2D eigenvalue weighted by Crippen LogP contribution is 2.32. The van der Waals surface area contributed by atoms with Crippen LogP contribution in [0.3, 0.4) is 0 Å². The number of benzene rings is 3.